The number of benzene rings is 1. The number of carbonyl (C=O) groups is 1. The number of primary amides is 1. The minimum Gasteiger partial charge on any atom is -0.493 e. The molecule has 0 atom stereocenters. The fourth-order valence-corrected chi connectivity index (χ4v) is 3.42. The van der Waals surface area contributed by atoms with E-state index in [0.29, 0.717) is 24.3 Å². The molecule has 7 heteroatoms. The molecule has 1 saturated heterocycles. The second-order valence-electron chi connectivity index (χ2n) is 7.27. The van der Waals surface area contributed by atoms with Gasteiger partial charge in [-0.2, -0.15) is 0 Å². The van der Waals surface area contributed by atoms with Gasteiger partial charge in [0.15, 0.2) is 18.1 Å². The number of pyridine rings is 1. The summed E-state index contributed by atoms with van der Waals surface area (Å²) in [5.41, 5.74) is 7.16. The first kappa shape index (κ1) is 20.1. The second kappa shape index (κ2) is 8.58. The summed E-state index contributed by atoms with van der Waals surface area (Å²) in [7, 11) is 1.56. The fraction of sp³-hybridized carbons (Fsp3) is 0.429. The largest absolute Gasteiger partial charge is 0.493 e. The number of rotatable bonds is 7. The maximum atomic E-state index is 11.0. The van der Waals surface area contributed by atoms with Gasteiger partial charge >= 0.3 is 0 Å². The van der Waals surface area contributed by atoms with Gasteiger partial charge in [0.05, 0.1) is 12.8 Å². The monoisotopic (exact) mass is 385 g/mol. The van der Waals surface area contributed by atoms with Crippen molar-refractivity contribution in [3.05, 3.63) is 53.3 Å². The van der Waals surface area contributed by atoms with Crippen molar-refractivity contribution < 1.29 is 19.4 Å². The first-order valence-electron chi connectivity index (χ1n) is 9.35. The molecular formula is C21H27N3O4. The van der Waals surface area contributed by atoms with Crippen LogP contribution >= 0.6 is 0 Å². The molecule has 1 fully saturated rings. The zero-order valence-corrected chi connectivity index (χ0v) is 16.4. The van der Waals surface area contributed by atoms with Crippen LogP contribution in [0.5, 0.6) is 11.5 Å². The number of likely N-dealkylation sites (tertiary alicyclic amines) is 1. The molecule has 1 aliphatic heterocycles. The highest BCUT2D eigenvalue weighted by molar-refractivity contribution is 5.75. The van der Waals surface area contributed by atoms with E-state index in [1.165, 1.54) is 0 Å². The molecular weight excluding hydrogens is 358 g/mol. The predicted molar refractivity (Wildman–Crippen MR) is 105 cm³/mol. The Bertz CT molecular complexity index is 815. The van der Waals surface area contributed by atoms with Crippen LogP contribution in [0.1, 0.15) is 29.7 Å². The van der Waals surface area contributed by atoms with Crippen molar-refractivity contribution in [2.24, 2.45) is 5.73 Å². The molecule has 3 N–H and O–H groups in total. The molecule has 1 amide bonds. The number of hydrogen-bond acceptors (Lipinski definition) is 6. The Morgan fingerprint density at radius 3 is 2.61 bits per heavy atom. The van der Waals surface area contributed by atoms with Crippen molar-refractivity contribution in [3.63, 3.8) is 0 Å². The lowest BCUT2D eigenvalue weighted by Crippen LogP contribution is -2.42. The van der Waals surface area contributed by atoms with Crippen molar-refractivity contribution in [1.29, 1.82) is 0 Å². The lowest BCUT2D eigenvalue weighted by molar-refractivity contribution is -0.119. The quantitative estimate of drug-likeness (QED) is 0.754. The lowest BCUT2D eigenvalue weighted by atomic mass is 9.87. The minimum absolute atomic E-state index is 0.187. The molecule has 7 nitrogen and oxygen atoms in total. The zero-order valence-electron chi connectivity index (χ0n) is 16.4. The molecule has 0 radical (unpaired) electrons. The maximum Gasteiger partial charge on any atom is 0.255 e. The Balaban J connectivity index is 1.61. The minimum atomic E-state index is -0.867. The summed E-state index contributed by atoms with van der Waals surface area (Å²) in [6.45, 7) is 4.09. The molecule has 0 aliphatic carbocycles. The smallest absolute Gasteiger partial charge is 0.255 e. The van der Waals surface area contributed by atoms with Crippen LogP contribution in [0.3, 0.4) is 0 Å². The van der Waals surface area contributed by atoms with E-state index in [2.05, 4.69) is 9.88 Å². The van der Waals surface area contributed by atoms with E-state index in [-0.39, 0.29) is 6.61 Å². The Morgan fingerprint density at radius 1 is 1.25 bits per heavy atom. The predicted octanol–water partition coefficient (Wildman–Crippen LogP) is 1.75. The highest BCUT2D eigenvalue weighted by Crippen LogP contribution is 2.33. The molecule has 0 unspecified atom stereocenters. The van der Waals surface area contributed by atoms with Crippen molar-refractivity contribution >= 4 is 5.91 Å². The van der Waals surface area contributed by atoms with Crippen molar-refractivity contribution in [3.8, 4) is 11.5 Å². The van der Waals surface area contributed by atoms with Crippen molar-refractivity contribution in [2.75, 3.05) is 26.8 Å². The maximum absolute atomic E-state index is 11.0. The normalized spacial score (nSPS) is 16.5. The number of amides is 1. The summed E-state index contributed by atoms with van der Waals surface area (Å²) in [5, 5.41) is 11.0. The van der Waals surface area contributed by atoms with Gasteiger partial charge in [-0.05, 0) is 49.1 Å². The van der Waals surface area contributed by atoms with Gasteiger partial charge in [0.2, 0.25) is 0 Å². The van der Waals surface area contributed by atoms with Gasteiger partial charge in [0, 0.05) is 25.8 Å². The molecule has 0 saturated carbocycles. The zero-order chi connectivity index (χ0) is 20.1. The molecule has 1 aromatic heterocycles. The number of carbonyl (C=O) groups excluding carboxylic acids is 1. The average Bonchev–Trinajstić information content (AvgIpc) is 2.69. The molecule has 1 aromatic carbocycles. The van der Waals surface area contributed by atoms with Gasteiger partial charge in [-0.3, -0.25) is 14.7 Å². The van der Waals surface area contributed by atoms with Gasteiger partial charge in [0.1, 0.15) is 5.60 Å². The number of piperidine rings is 1. The Morgan fingerprint density at radius 2 is 2.00 bits per heavy atom. The topological polar surface area (TPSA) is 97.9 Å². The van der Waals surface area contributed by atoms with E-state index in [0.717, 1.165) is 36.5 Å². The standard InChI is InChI=1S/C21H27N3O4/c1-15-3-6-19(23-12-15)21(26)7-9-24(10-8-21)13-16-4-5-17(18(11-16)27-2)28-14-20(22)25/h3-6,11-12,26H,7-10,13-14H2,1-2H3,(H2,22,25). The van der Waals surface area contributed by atoms with E-state index in [1.54, 1.807) is 19.4 Å². The molecule has 3 rings (SSSR count). The van der Waals surface area contributed by atoms with Crippen molar-refractivity contribution in [2.45, 2.75) is 31.9 Å². The Hall–Kier alpha value is -2.64. The Kier molecular flexibility index (Phi) is 6.16. The summed E-state index contributed by atoms with van der Waals surface area (Å²) >= 11 is 0. The molecule has 150 valence electrons. The van der Waals surface area contributed by atoms with Crippen molar-refractivity contribution in [1.82, 2.24) is 9.88 Å². The number of aryl methyl sites for hydroxylation is 1. The second-order valence-corrected chi connectivity index (χ2v) is 7.27. The van der Waals surface area contributed by atoms with E-state index >= 15 is 0 Å². The first-order chi connectivity index (χ1) is 13.4. The third-order valence-corrected chi connectivity index (χ3v) is 5.08. The van der Waals surface area contributed by atoms with Gasteiger partial charge in [0.25, 0.3) is 5.91 Å². The molecule has 2 heterocycles. The molecule has 2 aromatic rings. The third kappa shape index (κ3) is 4.79. The summed E-state index contributed by atoms with van der Waals surface area (Å²) in [6.07, 6.45) is 3.08. The summed E-state index contributed by atoms with van der Waals surface area (Å²) in [4.78, 5) is 17.6. The molecule has 28 heavy (non-hydrogen) atoms. The third-order valence-electron chi connectivity index (χ3n) is 5.08. The summed E-state index contributed by atoms with van der Waals surface area (Å²) < 4.78 is 10.7. The van der Waals surface area contributed by atoms with Crippen LogP contribution in [0.4, 0.5) is 0 Å². The van der Waals surface area contributed by atoms with E-state index in [4.69, 9.17) is 15.2 Å². The average molecular weight is 385 g/mol. The Labute approximate surface area is 165 Å². The number of hydrogen-bond donors (Lipinski definition) is 2. The van der Waals surface area contributed by atoms with Crippen LogP contribution in [-0.4, -0.2) is 47.7 Å². The first-order valence-corrected chi connectivity index (χ1v) is 9.35. The highest BCUT2D eigenvalue weighted by atomic mass is 16.5. The van der Waals surface area contributed by atoms with Gasteiger partial charge in [-0.25, -0.2) is 0 Å². The van der Waals surface area contributed by atoms with E-state index in [9.17, 15) is 9.90 Å². The fourth-order valence-electron chi connectivity index (χ4n) is 3.42. The number of aromatic nitrogens is 1. The molecule has 0 bridgehead atoms. The summed E-state index contributed by atoms with van der Waals surface area (Å²) in [5.74, 6) is 0.523. The molecule has 0 spiro atoms. The van der Waals surface area contributed by atoms with E-state index in [1.807, 2.05) is 31.2 Å². The van der Waals surface area contributed by atoms with Crippen LogP contribution in [0.15, 0.2) is 36.5 Å². The molecule has 1 aliphatic rings. The number of aliphatic hydroxyl groups is 1. The van der Waals surface area contributed by atoms with Gasteiger partial charge in [-0.1, -0.05) is 12.1 Å². The van der Waals surface area contributed by atoms with Crippen LogP contribution in [0.25, 0.3) is 0 Å². The number of nitrogens with two attached hydrogens (primary N) is 1. The van der Waals surface area contributed by atoms with Crippen LogP contribution in [-0.2, 0) is 16.9 Å². The van der Waals surface area contributed by atoms with Gasteiger partial charge in [-0.15, -0.1) is 0 Å². The highest BCUT2D eigenvalue weighted by Gasteiger charge is 2.35. The summed E-state index contributed by atoms with van der Waals surface area (Å²) in [6, 6.07) is 9.54. The van der Waals surface area contributed by atoms with Gasteiger partial charge < -0.3 is 20.3 Å². The number of methoxy groups -OCH3 is 1. The number of ether oxygens (including phenoxy) is 2. The SMILES string of the molecule is COc1cc(CN2CCC(O)(c3ccc(C)cn3)CC2)ccc1OCC(N)=O. The van der Waals surface area contributed by atoms with E-state index < -0.39 is 11.5 Å². The lowest BCUT2D eigenvalue weighted by Gasteiger charge is -2.38. The van der Waals surface area contributed by atoms with Crippen LogP contribution in [0.2, 0.25) is 0 Å². The number of nitrogens with zero attached hydrogens (tertiary/aromatic N) is 2. The van der Waals surface area contributed by atoms with Crippen LogP contribution in [0, 0.1) is 6.92 Å². The van der Waals surface area contributed by atoms with Crippen LogP contribution < -0.4 is 15.2 Å².